The molecule has 0 unspecified atom stereocenters. The minimum Gasteiger partial charge on any atom is -0.481 e. The summed E-state index contributed by atoms with van der Waals surface area (Å²) in [6, 6.07) is 4.03. The van der Waals surface area contributed by atoms with Gasteiger partial charge in [0.15, 0.2) is 0 Å². The SMILES string of the molecule is CC(C)(CNCCCC(=O)O)c1ccncc1. The predicted octanol–water partition coefficient (Wildman–Crippen LogP) is 1.81. The summed E-state index contributed by atoms with van der Waals surface area (Å²) >= 11 is 0. The fraction of sp³-hybridized carbons (Fsp3) is 0.538. The van der Waals surface area contributed by atoms with E-state index in [0.717, 1.165) is 13.1 Å². The van der Waals surface area contributed by atoms with Crippen LogP contribution in [0.25, 0.3) is 0 Å². The molecule has 17 heavy (non-hydrogen) atoms. The number of nitrogens with zero attached hydrogens (tertiary/aromatic N) is 1. The molecule has 1 heterocycles. The van der Waals surface area contributed by atoms with Crippen LogP contribution in [-0.2, 0) is 10.2 Å². The normalized spacial score (nSPS) is 11.4. The van der Waals surface area contributed by atoms with Gasteiger partial charge in [0.2, 0.25) is 0 Å². The molecular weight excluding hydrogens is 216 g/mol. The molecule has 4 heteroatoms. The van der Waals surface area contributed by atoms with Gasteiger partial charge in [0.1, 0.15) is 0 Å². The molecule has 0 bridgehead atoms. The third-order valence-corrected chi connectivity index (χ3v) is 2.77. The van der Waals surface area contributed by atoms with Crippen molar-refractivity contribution in [1.29, 1.82) is 0 Å². The second-order valence-corrected chi connectivity index (χ2v) is 4.79. The summed E-state index contributed by atoms with van der Waals surface area (Å²) < 4.78 is 0. The van der Waals surface area contributed by atoms with Crippen LogP contribution in [0.2, 0.25) is 0 Å². The molecule has 0 fully saturated rings. The number of pyridine rings is 1. The van der Waals surface area contributed by atoms with E-state index in [-0.39, 0.29) is 11.8 Å². The molecular formula is C13H20N2O2. The first-order valence-corrected chi connectivity index (χ1v) is 5.85. The highest BCUT2D eigenvalue weighted by molar-refractivity contribution is 5.66. The minimum absolute atomic E-state index is 0.0339. The van der Waals surface area contributed by atoms with Crippen molar-refractivity contribution < 1.29 is 9.90 Å². The molecule has 0 aliphatic heterocycles. The van der Waals surface area contributed by atoms with Gasteiger partial charge in [0.25, 0.3) is 0 Å². The van der Waals surface area contributed by atoms with E-state index in [9.17, 15) is 4.79 Å². The molecule has 0 saturated carbocycles. The fourth-order valence-electron chi connectivity index (χ4n) is 1.67. The Labute approximate surface area is 102 Å². The van der Waals surface area contributed by atoms with Gasteiger partial charge in [-0.05, 0) is 30.7 Å². The number of carbonyl (C=O) groups is 1. The van der Waals surface area contributed by atoms with Crippen LogP contribution in [0, 0.1) is 0 Å². The Morgan fingerprint density at radius 3 is 2.65 bits per heavy atom. The van der Waals surface area contributed by atoms with E-state index in [0.29, 0.717) is 6.42 Å². The monoisotopic (exact) mass is 236 g/mol. The van der Waals surface area contributed by atoms with Crippen molar-refractivity contribution >= 4 is 5.97 Å². The lowest BCUT2D eigenvalue weighted by atomic mass is 9.85. The number of aliphatic carboxylic acids is 1. The van der Waals surface area contributed by atoms with Crippen LogP contribution in [0.3, 0.4) is 0 Å². The Bertz CT molecular complexity index is 350. The lowest BCUT2D eigenvalue weighted by molar-refractivity contribution is -0.137. The highest BCUT2D eigenvalue weighted by atomic mass is 16.4. The van der Waals surface area contributed by atoms with E-state index >= 15 is 0 Å². The molecule has 1 aromatic heterocycles. The summed E-state index contributed by atoms with van der Waals surface area (Å²) in [5, 5.41) is 11.8. The number of carboxylic acids is 1. The number of aromatic nitrogens is 1. The molecule has 0 saturated heterocycles. The number of rotatable bonds is 7. The molecule has 0 aliphatic rings. The van der Waals surface area contributed by atoms with Crippen molar-refractivity contribution in [3.05, 3.63) is 30.1 Å². The van der Waals surface area contributed by atoms with Crippen LogP contribution >= 0.6 is 0 Å². The summed E-state index contributed by atoms with van der Waals surface area (Å²) in [4.78, 5) is 14.3. The third-order valence-electron chi connectivity index (χ3n) is 2.77. The van der Waals surface area contributed by atoms with Crippen molar-refractivity contribution in [1.82, 2.24) is 10.3 Å². The zero-order valence-electron chi connectivity index (χ0n) is 10.4. The fourth-order valence-corrected chi connectivity index (χ4v) is 1.67. The number of hydrogen-bond donors (Lipinski definition) is 2. The molecule has 94 valence electrons. The van der Waals surface area contributed by atoms with Gasteiger partial charge in [-0.1, -0.05) is 13.8 Å². The molecule has 2 N–H and O–H groups in total. The van der Waals surface area contributed by atoms with Gasteiger partial charge >= 0.3 is 5.97 Å². The maximum atomic E-state index is 10.3. The molecule has 0 aromatic carbocycles. The molecule has 1 aromatic rings. The summed E-state index contributed by atoms with van der Waals surface area (Å²) in [5.74, 6) is -0.736. The standard InChI is InChI=1S/C13H20N2O2/c1-13(2,11-5-8-14-9-6-11)10-15-7-3-4-12(16)17/h5-6,8-9,15H,3-4,7,10H2,1-2H3,(H,16,17). The van der Waals surface area contributed by atoms with E-state index in [1.165, 1.54) is 5.56 Å². The van der Waals surface area contributed by atoms with E-state index in [4.69, 9.17) is 5.11 Å². The molecule has 0 amide bonds. The van der Waals surface area contributed by atoms with Crippen LogP contribution in [0.15, 0.2) is 24.5 Å². The largest absolute Gasteiger partial charge is 0.481 e. The summed E-state index contributed by atoms with van der Waals surface area (Å²) in [6.45, 7) is 5.89. The van der Waals surface area contributed by atoms with Crippen molar-refractivity contribution in [2.45, 2.75) is 32.1 Å². The number of nitrogens with one attached hydrogen (secondary N) is 1. The van der Waals surface area contributed by atoms with Gasteiger partial charge in [-0.25, -0.2) is 0 Å². The van der Waals surface area contributed by atoms with Crippen molar-refractivity contribution in [3.8, 4) is 0 Å². The van der Waals surface area contributed by atoms with Gasteiger partial charge in [0.05, 0.1) is 0 Å². The zero-order chi connectivity index (χ0) is 12.7. The van der Waals surface area contributed by atoms with E-state index in [1.54, 1.807) is 12.4 Å². The Hall–Kier alpha value is -1.42. The maximum absolute atomic E-state index is 10.3. The van der Waals surface area contributed by atoms with E-state index in [1.807, 2.05) is 12.1 Å². The van der Waals surface area contributed by atoms with Crippen LogP contribution in [0.1, 0.15) is 32.3 Å². The lowest BCUT2D eigenvalue weighted by Gasteiger charge is -2.25. The molecule has 4 nitrogen and oxygen atoms in total. The Morgan fingerprint density at radius 2 is 2.06 bits per heavy atom. The van der Waals surface area contributed by atoms with Gasteiger partial charge < -0.3 is 10.4 Å². The predicted molar refractivity (Wildman–Crippen MR) is 67.0 cm³/mol. The maximum Gasteiger partial charge on any atom is 0.303 e. The average Bonchev–Trinajstić information content (AvgIpc) is 2.29. The lowest BCUT2D eigenvalue weighted by Crippen LogP contribution is -2.33. The summed E-state index contributed by atoms with van der Waals surface area (Å²) in [5.41, 5.74) is 1.27. The van der Waals surface area contributed by atoms with Gasteiger partial charge in [0, 0.05) is 30.8 Å². The van der Waals surface area contributed by atoms with Crippen molar-refractivity contribution in [2.75, 3.05) is 13.1 Å². The average molecular weight is 236 g/mol. The van der Waals surface area contributed by atoms with E-state index in [2.05, 4.69) is 24.1 Å². The smallest absolute Gasteiger partial charge is 0.303 e. The van der Waals surface area contributed by atoms with Gasteiger partial charge in [-0.2, -0.15) is 0 Å². The zero-order valence-corrected chi connectivity index (χ0v) is 10.4. The second kappa shape index (κ2) is 6.35. The van der Waals surface area contributed by atoms with E-state index < -0.39 is 5.97 Å². The van der Waals surface area contributed by atoms with Gasteiger partial charge in [-0.3, -0.25) is 9.78 Å². The van der Waals surface area contributed by atoms with Crippen molar-refractivity contribution in [2.24, 2.45) is 0 Å². The first-order valence-electron chi connectivity index (χ1n) is 5.85. The van der Waals surface area contributed by atoms with Crippen LogP contribution in [0.5, 0.6) is 0 Å². The molecule has 0 spiro atoms. The summed E-state index contributed by atoms with van der Waals surface area (Å²) in [6.07, 6.45) is 4.48. The van der Waals surface area contributed by atoms with Crippen LogP contribution in [-0.4, -0.2) is 29.1 Å². The van der Waals surface area contributed by atoms with Crippen LogP contribution in [0.4, 0.5) is 0 Å². The Kier molecular flexibility index (Phi) is 5.10. The third kappa shape index (κ3) is 4.95. The number of carboxylic acid groups (broad SMARTS) is 1. The second-order valence-electron chi connectivity index (χ2n) is 4.79. The number of hydrogen-bond acceptors (Lipinski definition) is 3. The first kappa shape index (κ1) is 13.6. The highest BCUT2D eigenvalue weighted by Gasteiger charge is 2.19. The van der Waals surface area contributed by atoms with Crippen LogP contribution < -0.4 is 5.32 Å². The highest BCUT2D eigenvalue weighted by Crippen LogP contribution is 2.20. The Balaban J connectivity index is 2.33. The van der Waals surface area contributed by atoms with Gasteiger partial charge in [-0.15, -0.1) is 0 Å². The Morgan fingerprint density at radius 1 is 1.41 bits per heavy atom. The molecule has 0 radical (unpaired) electrons. The molecule has 1 rings (SSSR count). The minimum atomic E-state index is -0.736. The first-order chi connectivity index (χ1) is 8.02. The molecule has 0 atom stereocenters. The quantitative estimate of drug-likeness (QED) is 0.709. The topological polar surface area (TPSA) is 62.2 Å². The summed E-state index contributed by atoms with van der Waals surface area (Å²) in [7, 11) is 0. The van der Waals surface area contributed by atoms with Crippen molar-refractivity contribution in [3.63, 3.8) is 0 Å². The molecule has 0 aliphatic carbocycles.